The number of carbonyl (C=O) groups excluding carboxylic acids is 8. The van der Waals surface area contributed by atoms with Crippen LogP contribution in [0, 0.1) is 5.92 Å². The van der Waals surface area contributed by atoms with Gasteiger partial charge in [0, 0.05) is 12.3 Å². The number of rotatable bonds is 25. The van der Waals surface area contributed by atoms with Gasteiger partial charge in [-0.15, -0.1) is 0 Å². The fraction of sp³-hybridized carbons (Fsp3) is 0.679. The lowest BCUT2D eigenvalue weighted by molar-refractivity contribution is -0.139. The Morgan fingerprint density at radius 2 is 1.00 bits per heavy atom. The first-order chi connectivity index (χ1) is 21.9. The van der Waals surface area contributed by atoms with E-state index in [-0.39, 0.29) is 19.5 Å². The fourth-order valence-electron chi connectivity index (χ4n) is 4.33. The summed E-state index contributed by atoms with van der Waals surface area (Å²) in [5.74, 6) is -8.87. The monoisotopic (exact) mass is 671 g/mol. The molecule has 0 aliphatic carbocycles. The van der Waals surface area contributed by atoms with Gasteiger partial charge in [0.05, 0.1) is 31.3 Å². The van der Waals surface area contributed by atoms with Crippen molar-refractivity contribution in [2.24, 2.45) is 28.9 Å². The number of aliphatic carboxylic acids is 1. The third kappa shape index (κ3) is 17.6. The quantitative estimate of drug-likeness (QED) is 0.0413. The standard InChI is InChI=1S/C28H49N9O10/c1-4-33-18(12-21(31)39)27(46)37-19(13-22(32)40)28(47)34-15(7-5-6-10-29)25(44)35-16(8-9-23(41)42)26(45)36-17(11-20(30)38)24(43)14(2)3/h14-19,33H,4-13,29H2,1-3H3,(H2,30,38)(H2,31,39)(H2,32,40)(H,34,47)(H,35,44)(H,36,45)(H,37,46)(H,41,42)/t15-,16-,17-,18-,19-/m1/s1. The molecule has 0 aromatic rings. The van der Waals surface area contributed by atoms with Crippen molar-refractivity contribution in [2.75, 3.05) is 13.1 Å². The van der Waals surface area contributed by atoms with Crippen LogP contribution in [-0.4, -0.2) is 102 Å². The molecule has 0 radical (unpaired) electrons. The minimum absolute atomic E-state index is 0.0306. The summed E-state index contributed by atoms with van der Waals surface area (Å²) in [6.45, 7) is 5.22. The second-order valence-corrected chi connectivity index (χ2v) is 11.1. The van der Waals surface area contributed by atoms with Gasteiger partial charge in [-0.25, -0.2) is 0 Å². The number of unbranched alkanes of at least 4 members (excludes halogenated alkanes) is 1. The number of nitrogens with one attached hydrogen (secondary N) is 5. The van der Waals surface area contributed by atoms with Crippen molar-refractivity contribution >= 4 is 53.1 Å². The van der Waals surface area contributed by atoms with Crippen molar-refractivity contribution in [3.05, 3.63) is 0 Å². The molecule has 47 heavy (non-hydrogen) atoms. The van der Waals surface area contributed by atoms with Crippen LogP contribution in [0.2, 0.25) is 0 Å². The smallest absolute Gasteiger partial charge is 0.303 e. The van der Waals surface area contributed by atoms with Gasteiger partial charge in [0.25, 0.3) is 0 Å². The molecule has 19 heteroatoms. The number of nitrogens with two attached hydrogens (primary N) is 4. The van der Waals surface area contributed by atoms with Crippen LogP contribution in [0.5, 0.6) is 0 Å². The number of primary amides is 3. The molecule has 0 aromatic heterocycles. The second kappa shape index (κ2) is 22.0. The van der Waals surface area contributed by atoms with Crippen LogP contribution < -0.4 is 49.5 Å². The Kier molecular flexibility index (Phi) is 19.8. The van der Waals surface area contributed by atoms with E-state index in [1.54, 1.807) is 6.92 Å². The summed E-state index contributed by atoms with van der Waals surface area (Å²) in [5, 5.41) is 21.4. The average Bonchev–Trinajstić information content (AvgIpc) is 2.96. The van der Waals surface area contributed by atoms with Gasteiger partial charge < -0.3 is 54.6 Å². The molecule has 0 heterocycles. The van der Waals surface area contributed by atoms with Crippen molar-refractivity contribution in [3.63, 3.8) is 0 Å². The van der Waals surface area contributed by atoms with Crippen LogP contribution in [0.1, 0.15) is 72.1 Å². The van der Waals surface area contributed by atoms with E-state index in [2.05, 4.69) is 26.6 Å². The van der Waals surface area contributed by atoms with E-state index in [0.29, 0.717) is 12.8 Å². The number of hydrogen-bond acceptors (Lipinski definition) is 11. The van der Waals surface area contributed by atoms with Gasteiger partial charge in [-0.05, 0) is 38.8 Å². The first-order valence-corrected chi connectivity index (χ1v) is 15.2. The van der Waals surface area contributed by atoms with E-state index in [1.165, 1.54) is 13.8 Å². The molecule has 0 rings (SSSR count). The number of amides is 7. The number of likely N-dealkylation sites (N-methyl/N-ethyl adjacent to an activating group) is 1. The Morgan fingerprint density at radius 1 is 0.596 bits per heavy atom. The number of Topliss-reactive ketones (excluding diaryl/α,β-unsaturated/α-hetero) is 1. The molecule has 0 unspecified atom stereocenters. The largest absolute Gasteiger partial charge is 0.481 e. The normalized spacial score (nSPS) is 14.1. The Balaban J connectivity index is 6.21. The summed E-state index contributed by atoms with van der Waals surface area (Å²) in [4.78, 5) is 111. The zero-order valence-corrected chi connectivity index (χ0v) is 27.0. The molecule has 0 bridgehead atoms. The molecule has 266 valence electrons. The summed E-state index contributed by atoms with van der Waals surface area (Å²) >= 11 is 0. The van der Waals surface area contributed by atoms with E-state index in [1.807, 2.05) is 0 Å². The molecule has 14 N–H and O–H groups in total. The molecular formula is C28H49N9O10. The van der Waals surface area contributed by atoms with Gasteiger partial charge in [-0.1, -0.05) is 20.8 Å². The van der Waals surface area contributed by atoms with Crippen molar-refractivity contribution in [3.8, 4) is 0 Å². The Hall–Kier alpha value is -4.65. The maximum Gasteiger partial charge on any atom is 0.303 e. The van der Waals surface area contributed by atoms with Gasteiger partial charge in [-0.3, -0.25) is 43.2 Å². The zero-order valence-electron chi connectivity index (χ0n) is 27.0. The molecule has 0 fully saturated rings. The fourth-order valence-corrected chi connectivity index (χ4v) is 4.33. The Bertz CT molecular complexity index is 1150. The predicted octanol–water partition coefficient (Wildman–Crippen LogP) is -4.25. The summed E-state index contributed by atoms with van der Waals surface area (Å²) in [6, 6.07) is -6.97. The van der Waals surface area contributed by atoms with Gasteiger partial charge in [0.2, 0.25) is 41.4 Å². The molecule has 0 aromatic carbocycles. The summed E-state index contributed by atoms with van der Waals surface area (Å²) in [7, 11) is 0. The number of carboxylic acid groups (broad SMARTS) is 1. The highest BCUT2D eigenvalue weighted by Crippen LogP contribution is 2.09. The van der Waals surface area contributed by atoms with Crippen LogP contribution in [0.25, 0.3) is 0 Å². The van der Waals surface area contributed by atoms with Crippen molar-refractivity contribution in [2.45, 2.75) is 102 Å². The molecule has 0 spiro atoms. The molecule has 0 aliphatic heterocycles. The lowest BCUT2D eigenvalue weighted by Crippen LogP contribution is -2.59. The minimum Gasteiger partial charge on any atom is -0.481 e. The third-order valence-corrected chi connectivity index (χ3v) is 6.70. The van der Waals surface area contributed by atoms with Crippen LogP contribution >= 0.6 is 0 Å². The molecule has 19 nitrogen and oxygen atoms in total. The van der Waals surface area contributed by atoms with Gasteiger partial charge in [0.15, 0.2) is 5.78 Å². The van der Waals surface area contributed by atoms with Crippen molar-refractivity contribution < 1.29 is 48.3 Å². The highest BCUT2D eigenvalue weighted by Gasteiger charge is 2.33. The van der Waals surface area contributed by atoms with Crippen molar-refractivity contribution in [1.82, 2.24) is 26.6 Å². The lowest BCUT2D eigenvalue weighted by Gasteiger charge is -2.27. The van der Waals surface area contributed by atoms with Gasteiger partial charge in [0.1, 0.15) is 18.1 Å². The average molecular weight is 672 g/mol. The third-order valence-electron chi connectivity index (χ3n) is 6.70. The van der Waals surface area contributed by atoms with E-state index in [4.69, 9.17) is 22.9 Å². The van der Waals surface area contributed by atoms with Crippen LogP contribution in [0.4, 0.5) is 0 Å². The van der Waals surface area contributed by atoms with Crippen LogP contribution in [0.3, 0.4) is 0 Å². The molecule has 0 saturated carbocycles. The summed E-state index contributed by atoms with van der Waals surface area (Å²) in [6.07, 6.45) is -1.95. The maximum absolute atomic E-state index is 13.5. The second-order valence-electron chi connectivity index (χ2n) is 11.1. The van der Waals surface area contributed by atoms with E-state index in [9.17, 15) is 48.3 Å². The topological polar surface area (TPSA) is 338 Å². The van der Waals surface area contributed by atoms with Crippen molar-refractivity contribution in [1.29, 1.82) is 0 Å². The summed E-state index contributed by atoms with van der Waals surface area (Å²) in [5.41, 5.74) is 21.3. The number of ketones is 1. The molecule has 5 atom stereocenters. The van der Waals surface area contributed by atoms with Gasteiger partial charge in [-0.2, -0.15) is 0 Å². The van der Waals surface area contributed by atoms with E-state index in [0.717, 1.165) is 0 Å². The number of hydrogen-bond donors (Lipinski definition) is 10. The van der Waals surface area contributed by atoms with Crippen LogP contribution in [0.15, 0.2) is 0 Å². The van der Waals surface area contributed by atoms with Crippen LogP contribution in [-0.2, 0) is 43.2 Å². The first kappa shape index (κ1) is 42.3. The van der Waals surface area contributed by atoms with E-state index >= 15 is 0 Å². The highest BCUT2D eigenvalue weighted by molar-refractivity contribution is 5.98. The zero-order chi connectivity index (χ0) is 36.3. The number of carbonyl (C=O) groups is 9. The van der Waals surface area contributed by atoms with E-state index < -0.39 is 121 Å². The highest BCUT2D eigenvalue weighted by atomic mass is 16.4. The molecular weight excluding hydrogens is 622 g/mol. The maximum atomic E-state index is 13.5. The first-order valence-electron chi connectivity index (χ1n) is 15.2. The molecule has 7 amide bonds. The molecule has 0 saturated heterocycles. The minimum atomic E-state index is -1.58. The summed E-state index contributed by atoms with van der Waals surface area (Å²) < 4.78 is 0. The number of carboxylic acids is 1. The SMILES string of the molecule is CCN[C@H](CC(N)=O)C(=O)N[C@H](CC(N)=O)C(=O)N[C@H](CCCCN)C(=O)N[C@H](CCC(=O)O)C(=O)N[C@H](CC(N)=O)C(=O)C(C)C. The lowest BCUT2D eigenvalue weighted by atomic mass is 9.98. The predicted molar refractivity (Wildman–Crippen MR) is 166 cm³/mol. The Labute approximate surface area is 272 Å². The molecule has 0 aliphatic rings. The Morgan fingerprint density at radius 3 is 1.45 bits per heavy atom. The van der Waals surface area contributed by atoms with Gasteiger partial charge >= 0.3 is 5.97 Å².